The number of fused-ring (bicyclic) bond motifs is 1. The van der Waals surface area contributed by atoms with Crippen LogP contribution in [0.2, 0.25) is 0 Å². The van der Waals surface area contributed by atoms with Crippen molar-refractivity contribution in [1.29, 1.82) is 0 Å². The Morgan fingerprint density at radius 1 is 1.42 bits per heavy atom. The van der Waals surface area contributed by atoms with Gasteiger partial charge in [0.05, 0.1) is 5.69 Å². The first kappa shape index (κ1) is 13.7. The maximum absolute atomic E-state index is 11.9. The topological polar surface area (TPSA) is 49.6 Å². The van der Waals surface area contributed by atoms with Crippen LogP contribution < -0.4 is 10.9 Å². The molecule has 0 saturated carbocycles. The van der Waals surface area contributed by atoms with Crippen molar-refractivity contribution in [2.45, 2.75) is 19.5 Å². The Balaban J connectivity index is 2.08. The Labute approximate surface area is 112 Å². The number of likely N-dealkylation sites (N-methyl/N-ethyl adjacent to an activating group) is 1. The fraction of sp³-hybridized carbons (Fsp3) is 0.429. The van der Waals surface area contributed by atoms with E-state index in [2.05, 4.69) is 22.1 Å². The van der Waals surface area contributed by atoms with Gasteiger partial charge in [-0.2, -0.15) is 0 Å². The fourth-order valence-corrected chi connectivity index (χ4v) is 1.79. The van der Waals surface area contributed by atoms with E-state index in [1.54, 1.807) is 16.7 Å². The highest BCUT2D eigenvalue weighted by atomic mass is 16.1. The molecule has 2 rings (SSSR count). The molecule has 19 heavy (non-hydrogen) atoms. The van der Waals surface area contributed by atoms with Crippen molar-refractivity contribution in [3.05, 3.63) is 46.5 Å². The standard InChI is InChI=1S/C14H20N4O/c1-11(17(2)3)9-15-10-12-8-14(19)18-7-5-4-6-13(18)16-12/h4-8,11,15H,9-10H2,1-3H3. The second kappa shape index (κ2) is 5.95. The smallest absolute Gasteiger partial charge is 0.258 e. The van der Waals surface area contributed by atoms with E-state index in [0.717, 1.165) is 12.2 Å². The van der Waals surface area contributed by atoms with Crippen LogP contribution in [-0.2, 0) is 6.54 Å². The van der Waals surface area contributed by atoms with Crippen LogP contribution in [0, 0.1) is 0 Å². The number of nitrogens with zero attached hydrogens (tertiary/aromatic N) is 3. The van der Waals surface area contributed by atoms with Crippen LogP contribution in [0.3, 0.4) is 0 Å². The second-order valence-electron chi connectivity index (χ2n) is 4.96. The summed E-state index contributed by atoms with van der Waals surface area (Å²) in [6.07, 6.45) is 1.73. The van der Waals surface area contributed by atoms with Gasteiger partial charge in [0.1, 0.15) is 5.65 Å². The molecule has 2 aromatic heterocycles. The molecule has 2 heterocycles. The van der Waals surface area contributed by atoms with E-state index in [0.29, 0.717) is 18.2 Å². The van der Waals surface area contributed by atoms with Crippen molar-refractivity contribution in [3.8, 4) is 0 Å². The van der Waals surface area contributed by atoms with Gasteiger partial charge in [0.15, 0.2) is 0 Å². The summed E-state index contributed by atoms with van der Waals surface area (Å²) in [5.41, 5.74) is 1.43. The van der Waals surface area contributed by atoms with Crippen molar-refractivity contribution in [1.82, 2.24) is 19.6 Å². The van der Waals surface area contributed by atoms with Crippen molar-refractivity contribution >= 4 is 5.65 Å². The number of rotatable bonds is 5. The lowest BCUT2D eigenvalue weighted by Crippen LogP contribution is -2.35. The molecule has 1 unspecified atom stereocenters. The third-order valence-corrected chi connectivity index (χ3v) is 3.25. The average Bonchev–Trinajstić information content (AvgIpc) is 2.38. The lowest BCUT2D eigenvalue weighted by atomic mass is 10.3. The molecule has 0 radical (unpaired) electrons. The van der Waals surface area contributed by atoms with E-state index in [1.807, 2.05) is 32.3 Å². The summed E-state index contributed by atoms with van der Waals surface area (Å²) in [6, 6.07) is 7.58. The molecular weight excluding hydrogens is 240 g/mol. The molecule has 0 aliphatic carbocycles. The van der Waals surface area contributed by atoms with Gasteiger partial charge in [0, 0.05) is 31.4 Å². The summed E-state index contributed by atoms with van der Waals surface area (Å²) >= 11 is 0. The molecular formula is C14H20N4O. The highest BCUT2D eigenvalue weighted by Gasteiger charge is 2.05. The molecule has 102 valence electrons. The summed E-state index contributed by atoms with van der Waals surface area (Å²) in [5.74, 6) is 0. The van der Waals surface area contributed by atoms with Gasteiger partial charge in [-0.15, -0.1) is 0 Å². The third kappa shape index (κ3) is 3.39. The minimum Gasteiger partial charge on any atom is -0.310 e. The fourth-order valence-electron chi connectivity index (χ4n) is 1.79. The number of hydrogen-bond acceptors (Lipinski definition) is 4. The first-order chi connectivity index (χ1) is 9.08. The number of hydrogen-bond donors (Lipinski definition) is 1. The Kier molecular flexibility index (Phi) is 4.29. The monoisotopic (exact) mass is 260 g/mol. The molecule has 5 heteroatoms. The van der Waals surface area contributed by atoms with Crippen LogP contribution >= 0.6 is 0 Å². The van der Waals surface area contributed by atoms with Gasteiger partial charge in [-0.05, 0) is 33.2 Å². The molecule has 1 atom stereocenters. The summed E-state index contributed by atoms with van der Waals surface area (Å²) < 4.78 is 1.55. The summed E-state index contributed by atoms with van der Waals surface area (Å²) in [5, 5.41) is 3.32. The first-order valence-electron chi connectivity index (χ1n) is 6.42. The van der Waals surface area contributed by atoms with Crippen molar-refractivity contribution in [2.75, 3.05) is 20.6 Å². The van der Waals surface area contributed by atoms with Crippen LogP contribution in [-0.4, -0.2) is 41.0 Å². The van der Waals surface area contributed by atoms with E-state index in [9.17, 15) is 4.79 Å². The van der Waals surface area contributed by atoms with Gasteiger partial charge >= 0.3 is 0 Å². The molecule has 0 spiro atoms. The maximum atomic E-state index is 11.9. The van der Waals surface area contributed by atoms with Gasteiger partial charge in [-0.1, -0.05) is 6.07 Å². The normalized spacial score (nSPS) is 13.1. The van der Waals surface area contributed by atoms with Gasteiger partial charge in [0.25, 0.3) is 5.56 Å². The van der Waals surface area contributed by atoms with Crippen molar-refractivity contribution in [2.24, 2.45) is 0 Å². The van der Waals surface area contributed by atoms with E-state index in [1.165, 1.54) is 0 Å². The molecule has 0 fully saturated rings. The van der Waals surface area contributed by atoms with Gasteiger partial charge < -0.3 is 10.2 Å². The lowest BCUT2D eigenvalue weighted by molar-refractivity contribution is 0.302. The zero-order chi connectivity index (χ0) is 13.8. The Morgan fingerprint density at radius 2 is 2.21 bits per heavy atom. The summed E-state index contributed by atoms with van der Waals surface area (Å²) in [7, 11) is 4.10. The van der Waals surface area contributed by atoms with Gasteiger partial charge in [-0.3, -0.25) is 9.20 Å². The van der Waals surface area contributed by atoms with Gasteiger partial charge in [-0.25, -0.2) is 4.98 Å². The largest absolute Gasteiger partial charge is 0.310 e. The Morgan fingerprint density at radius 3 is 2.95 bits per heavy atom. The first-order valence-corrected chi connectivity index (χ1v) is 6.42. The highest BCUT2D eigenvalue weighted by molar-refractivity contribution is 5.37. The Hall–Kier alpha value is -1.72. The molecule has 5 nitrogen and oxygen atoms in total. The Bertz CT molecular complexity index is 606. The number of nitrogens with one attached hydrogen (secondary N) is 1. The van der Waals surface area contributed by atoms with Crippen LogP contribution in [0.25, 0.3) is 5.65 Å². The van der Waals surface area contributed by atoms with E-state index in [-0.39, 0.29) is 5.56 Å². The minimum absolute atomic E-state index is 0.0388. The highest BCUT2D eigenvalue weighted by Crippen LogP contribution is 1.98. The molecule has 0 amide bonds. The minimum atomic E-state index is -0.0388. The molecule has 0 aliphatic heterocycles. The lowest BCUT2D eigenvalue weighted by Gasteiger charge is -2.19. The third-order valence-electron chi connectivity index (χ3n) is 3.25. The second-order valence-corrected chi connectivity index (χ2v) is 4.96. The summed E-state index contributed by atoms with van der Waals surface area (Å²) in [4.78, 5) is 18.5. The number of aromatic nitrogens is 2. The SMILES string of the molecule is CC(CNCc1cc(=O)n2ccccc2n1)N(C)C. The van der Waals surface area contributed by atoms with Crippen LogP contribution in [0.4, 0.5) is 0 Å². The average molecular weight is 260 g/mol. The molecule has 2 aromatic rings. The number of pyridine rings is 1. The van der Waals surface area contributed by atoms with Crippen LogP contribution in [0.5, 0.6) is 0 Å². The van der Waals surface area contributed by atoms with Gasteiger partial charge in [0.2, 0.25) is 0 Å². The molecule has 1 N–H and O–H groups in total. The van der Waals surface area contributed by atoms with E-state index >= 15 is 0 Å². The van der Waals surface area contributed by atoms with E-state index < -0.39 is 0 Å². The van der Waals surface area contributed by atoms with Crippen LogP contribution in [0.1, 0.15) is 12.6 Å². The van der Waals surface area contributed by atoms with Crippen molar-refractivity contribution in [3.63, 3.8) is 0 Å². The molecule has 0 bridgehead atoms. The quantitative estimate of drug-likeness (QED) is 0.861. The zero-order valence-corrected chi connectivity index (χ0v) is 11.6. The predicted molar refractivity (Wildman–Crippen MR) is 76.3 cm³/mol. The van der Waals surface area contributed by atoms with Crippen LogP contribution in [0.15, 0.2) is 35.3 Å². The van der Waals surface area contributed by atoms with E-state index in [4.69, 9.17) is 0 Å². The molecule has 0 saturated heterocycles. The van der Waals surface area contributed by atoms with Crippen molar-refractivity contribution < 1.29 is 0 Å². The molecule has 0 aliphatic rings. The predicted octanol–water partition coefficient (Wildman–Crippen LogP) is 0.734. The maximum Gasteiger partial charge on any atom is 0.258 e. The summed E-state index contributed by atoms with van der Waals surface area (Å²) in [6.45, 7) is 3.62. The molecule has 0 aromatic carbocycles. The zero-order valence-electron chi connectivity index (χ0n) is 11.6.